The Morgan fingerprint density at radius 3 is 2.60 bits per heavy atom. The molecule has 1 N–H and O–H groups in total. The Morgan fingerprint density at radius 2 is 1.91 bits per heavy atom. The molecule has 0 bridgehead atoms. The Bertz CT molecular complexity index is 1540. The SMILES string of the molecule is Cn1cc(-c2cn3nccc3c(-c3ccc(CNC(=O)c4cn(C(C)(C)C)nn4)c(F)c3)n2)cn1. The molecule has 4 aromatic heterocycles. The normalized spacial score (nSPS) is 11.8. The van der Waals surface area contributed by atoms with Gasteiger partial charge in [-0.15, -0.1) is 5.10 Å². The summed E-state index contributed by atoms with van der Waals surface area (Å²) in [7, 11) is 1.83. The molecule has 0 radical (unpaired) electrons. The van der Waals surface area contributed by atoms with Crippen LogP contribution >= 0.6 is 0 Å². The molecule has 0 unspecified atom stereocenters. The molecule has 0 aliphatic heterocycles. The van der Waals surface area contributed by atoms with Crippen molar-refractivity contribution in [3.8, 4) is 22.5 Å². The summed E-state index contributed by atoms with van der Waals surface area (Å²) in [6, 6.07) is 6.66. The fraction of sp³-hybridized carbons (Fsp3) is 0.250. The number of rotatable bonds is 5. The third-order valence-corrected chi connectivity index (χ3v) is 5.57. The maximum absolute atomic E-state index is 15.1. The molecule has 0 saturated carbocycles. The van der Waals surface area contributed by atoms with Gasteiger partial charge < -0.3 is 5.32 Å². The van der Waals surface area contributed by atoms with Crippen molar-refractivity contribution >= 4 is 11.4 Å². The summed E-state index contributed by atoms with van der Waals surface area (Å²) in [5.41, 5.74) is 3.67. The van der Waals surface area contributed by atoms with Crippen molar-refractivity contribution in [2.75, 3.05) is 0 Å². The Kier molecular flexibility index (Phi) is 5.39. The number of nitrogens with one attached hydrogen (secondary N) is 1. The molecular weight excluding hydrogens is 449 g/mol. The van der Waals surface area contributed by atoms with E-state index >= 15 is 4.39 Å². The zero-order valence-corrected chi connectivity index (χ0v) is 19.8. The van der Waals surface area contributed by atoms with Gasteiger partial charge in [-0.3, -0.25) is 9.48 Å². The van der Waals surface area contributed by atoms with Gasteiger partial charge in [0.1, 0.15) is 5.82 Å². The van der Waals surface area contributed by atoms with E-state index in [1.807, 2.05) is 46.3 Å². The highest BCUT2D eigenvalue weighted by molar-refractivity contribution is 5.91. The van der Waals surface area contributed by atoms with E-state index < -0.39 is 11.7 Å². The second kappa shape index (κ2) is 8.42. The summed E-state index contributed by atoms with van der Waals surface area (Å²) in [5, 5.41) is 19.1. The molecule has 1 aromatic carbocycles. The second-order valence-corrected chi connectivity index (χ2v) is 9.25. The fourth-order valence-electron chi connectivity index (χ4n) is 3.63. The number of nitrogens with zero attached hydrogens (tertiary/aromatic N) is 8. The number of benzene rings is 1. The van der Waals surface area contributed by atoms with Gasteiger partial charge in [-0.05, 0) is 32.9 Å². The van der Waals surface area contributed by atoms with Crippen LogP contribution in [0.5, 0.6) is 0 Å². The Balaban J connectivity index is 1.39. The van der Waals surface area contributed by atoms with Gasteiger partial charge in [0.2, 0.25) is 0 Å². The van der Waals surface area contributed by atoms with Gasteiger partial charge >= 0.3 is 0 Å². The Hall–Kier alpha value is -4.41. The van der Waals surface area contributed by atoms with E-state index in [0.29, 0.717) is 22.5 Å². The minimum absolute atomic E-state index is 0.0125. The second-order valence-electron chi connectivity index (χ2n) is 9.25. The summed E-state index contributed by atoms with van der Waals surface area (Å²) in [5.74, 6) is -0.872. The van der Waals surface area contributed by atoms with E-state index in [4.69, 9.17) is 4.98 Å². The first-order valence-corrected chi connectivity index (χ1v) is 11.0. The largest absolute Gasteiger partial charge is 0.346 e. The van der Waals surface area contributed by atoms with Gasteiger partial charge in [-0.2, -0.15) is 10.2 Å². The van der Waals surface area contributed by atoms with Crippen LogP contribution in [0, 0.1) is 5.82 Å². The smallest absolute Gasteiger partial charge is 0.273 e. The van der Waals surface area contributed by atoms with Crippen molar-refractivity contribution in [2.24, 2.45) is 7.05 Å². The third-order valence-electron chi connectivity index (χ3n) is 5.57. The molecule has 4 heterocycles. The van der Waals surface area contributed by atoms with Crippen molar-refractivity contribution in [1.29, 1.82) is 0 Å². The van der Waals surface area contributed by atoms with E-state index in [1.54, 1.807) is 44.6 Å². The summed E-state index contributed by atoms with van der Waals surface area (Å²) in [6.45, 7) is 5.89. The van der Waals surface area contributed by atoms with Crippen LogP contribution in [0.3, 0.4) is 0 Å². The van der Waals surface area contributed by atoms with Crippen molar-refractivity contribution in [3.63, 3.8) is 0 Å². The number of amides is 1. The minimum atomic E-state index is -0.451. The van der Waals surface area contributed by atoms with Gasteiger partial charge in [-0.25, -0.2) is 18.6 Å². The zero-order valence-electron chi connectivity index (χ0n) is 19.8. The lowest BCUT2D eigenvalue weighted by Gasteiger charge is -2.17. The van der Waals surface area contributed by atoms with Gasteiger partial charge in [0.25, 0.3) is 5.91 Å². The van der Waals surface area contributed by atoms with Crippen LogP contribution in [-0.4, -0.2) is 45.3 Å². The molecule has 0 aliphatic rings. The molecular formula is C24H24FN9O. The third kappa shape index (κ3) is 4.39. The summed E-state index contributed by atoms with van der Waals surface area (Å²) < 4.78 is 20.1. The molecule has 0 fully saturated rings. The van der Waals surface area contributed by atoms with Crippen molar-refractivity contribution in [3.05, 3.63) is 72.3 Å². The number of carbonyl (C=O) groups excluding carboxylic acids is 1. The highest BCUT2D eigenvalue weighted by atomic mass is 19.1. The highest BCUT2D eigenvalue weighted by Crippen LogP contribution is 2.28. The summed E-state index contributed by atoms with van der Waals surface area (Å²) in [6.07, 6.45) is 8.63. The number of fused-ring (bicyclic) bond motifs is 1. The van der Waals surface area contributed by atoms with Crippen molar-refractivity contribution in [2.45, 2.75) is 32.9 Å². The van der Waals surface area contributed by atoms with Gasteiger partial charge in [0.05, 0.1) is 47.2 Å². The van der Waals surface area contributed by atoms with E-state index in [2.05, 4.69) is 25.8 Å². The van der Waals surface area contributed by atoms with Crippen LogP contribution in [-0.2, 0) is 19.1 Å². The number of halogens is 1. The predicted molar refractivity (Wildman–Crippen MR) is 127 cm³/mol. The lowest BCUT2D eigenvalue weighted by Crippen LogP contribution is -2.24. The average molecular weight is 474 g/mol. The molecule has 178 valence electrons. The predicted octanol–water partition coefficient (Wildman–Crippen LogP) is 3.21. The first-order valence-electron chi connectivity index (χ1n) is 11.0. The topological polar surface area (TPSA) is 108 Å². The van der Waals surface area contributed by atoms with Crippen LogP contribution in [0.25, 0.3) is 28.0 Å². The number of aromatic nitrogens is 8. The summed E-state index contributed by atoms with van der Waals surface area (Å²) in [4.78, 5) is 17.2. The van der Waals surface area contributed by atoms with E-state index in [0.717, 1.165) is 11.1 Å². The number of aryl methyl sites for hydroxylation is 1. The van der Waals surface area contributed by atoms with E-state index in [1.165, 1.54) is 6.07 Å². The molecule has 5 rings (SSSR count). The molecule has 11 heteroatoms. The molecule has 5 aromatic rings. The van der Waals surface area contributed by atoms with Gasteiger partial charge in [0.15, 0.2) is 5.69 Å². The highest BCUT2D eigenvalue weighted by Gasteiger charge is 2.19. The number of hydrogen-bond donors (Lipinski definition) is 1. The molecule has 0 aliphatic carbocycles. The zero-order chi connectivity index (χ0) is 24.7. The quantitative estimate of drug-likeness (QED) is 0.420. The molecule has 35 heavy (non-hydrogen) atoms. The lowest BCUT2D eigenvalue weighted by atomic mass is 10.1. The average Bonchev–Trinajstić information content (AvgIpc) is 3.57. The lowest BCUT2D eigenvalue weighted by molar-refractivity contribution is 0.0945. The molecule has 0 saturated heterocycles. The summed E-state index contributed by atoms with van der Waals surface area (Å²) >= 11 is 0. The maximum atomic E-state index is 15.1. The molecule has 1 amide bonds. The van der Waals surface area contributed by atoms with Gasteiger partial charge in [0, 0.05) is 36.5 Å². The Morgan fingerprint density at radius 1 is 1.09 bits per heavy atom. The van der Waals surface area contributed by atoms with Crippen LogP contribution in [0.2, 0.25) is 0 Å². The Labute approximate surface area is 200 Å². The fourth-order valence-corrected chi connectivity index (χ4v) is 3.63. The molecule has 0 atom stereocenters. The first-order chi connectivity index (χ1) is 16.7. The molecule has 10 nitrogen and oxygen atoms in total. The monoisotopic (exact) mass is 473 g/mol. The standard InChI is InChI=1S/C24H24FN9O/c1-24(2,3)34-14-20(30-31-34)23(35)26-10-16-6-5-15(9-18(16)25)22-21-7-8-27-33(21)13-19(29-22)17-11-28-32(4)12-17/h5-9,11-14H,10H2,1-4H3,(H,26,35). The maximum Gasteiger partial charge on any atom is 0.273 e. The van der Waals surface area contributed by atoms with Crippen molar-refractivity contribution < 1.29 is 9.18 Å². The van der Waals surface area contributed by atoms with Crippen LogP contribution in [0.4, 0.5) is 4.39 Å². The minimum Gasteiger partial charge on any atom is -0.346 e. The van der Waals surface area contributed by atoms with Crippen LogP contribution < -0.4 is 5.32 Å². The van der Waals surface area contributed by atoms with Gasteiger partial charge in [-0.1, -0.05) is 17.3 Å². The number of hydrogen-bond acceptors (Lipinski definition) is 6. The van der Waals surface area contributed by atoms with Crippen LogP contribution in [0.15, 0.2) is 55.2 Å². The van der Waals surface area contributed by atoms with E-state index in [9.17, 15) is 4.79 Å². The number of carbonyl (C=O) groups is 1. The first kappa shape index (κ1) is 22.4. The van der Waals surface area contributed by atoms with E-state index in [-0.39, 0.29) is 17.8 Å². The van der Waals surface area contributed by atoms with Crippen molar-refractivity contribution in [1.82, 2.24) is 44.7 Å². The van der Waals surface area contributed by atoms with Crippen LogP contribution in [0.1, 0.15) is 36.8 Å². The molecule has 0 spiro atoms.